The average Bonchev–Trinajstić information content (AvgIpc) is 3.03. The van der Waals surface area contributed by atoms with Crippen LogP contribution in [0.3, 0.4) is 0 Å². The smallest absolute Gasteiger partial charge is 0.252 e. The van der Waals surface area contributed by atoms with Crippen molar-refractivity contribution in [3.05, 3.63) is 46.8 Å². The molecule has 0 bridgehead atoms. The van der Waals surface area contributed by atoms with Crippen molar-refractivity contribution in [2.24, 2.45) is 0 Å². The third-order valence-electron chi connectivity index (χ3n) is 3.89. The molecule has 3 rings (SSSR count). The molecule has 7 nitrogen and oxygen atoms in total. The van der Waals surface area contributed by atoms with Crippen LogP contribution in [0.2, 0.25) is 0 Å². The summed E-state index contributed by atoms with van der Waals surface area (Å²) in [5.41, 5.74) is 1.34. The number of carbonyl (C=O) groups excluding carboxylic acids is 1. The van der Waals surface area contributed by atoms with Gasteiger partial charge >= 0.3 is 0 Å². The predicted molar refractivity (Wildman–Crippen MR) is 97.7 cm³/mol. The Morgan fingerprint density at radius 2 is 1.92 bits per heavy atom. The summed E-state index contributed by atoms with van der Waals surface area (Å²) < 4.78 is 1.77. The van der Waals surface area contributed by atoms with Gasteiger partial charge in [0.1, 0.15) is 0 Å². The summed E-state index contributed by atoms with van der Waals surface area (Å²) in [6, 6.07) is 11.1. The second-order valence-corrected chi connectivity index (χ2v) is 6.32. The maximum atomic E-state index is 12.2. The molecule has 0 fully saturated rings. The first-order valence-electron chi connectivity index (χ1n) is 8.08. The SMILES string of the molecule is CCN(CC)C(=O)CSc1nnc2[nH]c(=O)cc(-c3ccccc3)n12. The third kappa shape index (κ3) is 3.58. The average molecular weight is 357 g/mol. The molecule has 1 N–H and O–H groups in total. The number of rotatable bonds is 6. The van der Waals surface area contributed by atoms with Crippen LogP contribution in [0.1, 0.15) is 13.8 Å². The van der Waals surface area contributed by atoms with Crippen molar-refractivity contribution >= 4 is 23.4 Å². The Morgan fingerprint density at radius 1 is 1.20 bits per heavy atom. The molecule has 0 unspecified atom stereocenters. The predicted octanol–water partition coefficient (Wildman–Crippen LogP) is 2.05. The molecule has 2 heterocycles. The van der Waals surface area contributed by atoms with Crippen LogP contribution in [-0.4, -0.2) is 49.2 Å². The van der Waals surface area contributed by atoms with E-state index in [4.69, 9.17) is 0 Å². The molecule has 8 heteroatoms. The van der Waals surface area contributed by atoms with E-state index >= 15 is 0 Å². The molecule has 0 saturated carbocycles. The van der Waals surface area contributed by atoms with Crippen molar-refractivity contribution in [3.8, 4) is 11.3 Å². The molecular weight excluding hydrogens is 338 g/mol. The lowest BCUT2D eigenvalue weighted by atomic mass is 10.1. The van der Waals surface area contributed by atoms with E-state index in [1.807, 2.05) is 44.2 Å². The summed E-state index contributed by atoms with van der Waals surface area (Å²) in [4.78, 5) is 28.6. The zero-order valence-electron chi connectivity index (χ0n) is 14.1. The van der Waals surface area contributed by atoms with E-state index < -0.39 is 0 Å². The number of aromatic nitrogens is 4. The minimum Gasteiger partial charge on any atom is -0.343 e. The molecule has 25 heavy (non-hydrogen) atoms. The van der Waals surface area contributed by atoms with Gasteiger partial charge in [-0.2, -0.15) is 0 Å². The van der Waals surface area contributed by atoms with Crippen LogP contribution in [0, 0.1) is 0 Å². The highest BCUT2D eigenvalue weighted by molar-refractivity contribution is 7.99. The zero-order chi connectivity index (χ0) is 17.8. The Hall–Kier alpha value is -2.61. The number of H-pyrrole nitrogens is 1. The van der Waals surface area contributed by atoms with Crippen molar-refractivity contribution in [1.82, 2.24) is 24.5 Å². The number of hydrogen-bond donors (Lipinski definition) is 1. The van der Waals surface area contributed by atoms with E-state index in [1.54, 1.807) is 9.30 Å². The summed E-state index contributed by atoms with van der Waals surface area (Å²) in [7, 11) is 0. The fraction of sp³-hybridized carbons (Fsp3) is 0.294. The van der Waals surface area contributed by atoms with Gasteiger partial charge in [-0.3, -0.25) is 19.0 Å². The number of amides is 1. The normalized spacial score (nSPS) is 11.0. The summed E-state index contributed by atoms with van der Waals surface area (Å²) in [6.45, 7) is 5.27. The molecule has 0 spiro atoms. The Labute approximate surface area is 149 Å². The molecule has 2 aromatic heterocycles. The van der Waals surface area contributed by atoms with E-state index in [0.717, 1.165) is 5.56 Å². The van der Waals surface area contributed by atoms with Gasteiger partial charge in [0.15, 0.2) is 5.16 Å². The molecule has 0 radical (unpaired) electrons. The van der Waals surface area contributed by atoms with Gasteiger partial charge in [-0.25, -0.2) is 0 Å². The third-order valence-corrected chi connectivity index (χ3v) is 4.80. The van der Waals surface area contributed by atoms with Crippen LogP contribution >= 0.6 is 11.8 Å². The minimum atomic E-state index is -0.241. The van der Waals surface area contributed by atoms with E-state index in [0.29, 0.717) is 29.7 Å². The molecule has 130 valence electrons. The highest BCUT2D eigenvalue weighted by Gasteiger charge is 2.16. The number of thioether (sulfide) groups is 1. The number of carbonyl (C=O) groups is 1. The van der Waals surface area contributed by atoms with E-state index in [9.17, 15) is 9.59 Å². The van der Waals surface area contributed by atoms with E-state index in [1.165, 1.54) is 17.8 Å². The molecule has 0 aliphatic heterocycles. The monoisotopic (exact) mass is 357 g/mol. The molecule has 0 atom stereocenters. The number of nitrogens with zero attached hydrogens (tertiary/aromatic N) is 4. The molecule has 0 saturated heterocycles. The number of nitrogens with one attached hydrogen (secondary N) is 1. The van der Waals surface area contributed by atoms with Gasteiger partial charge in [0, 0.05) is 19.2 Å². The number of hydrogen-bond acceptors (Lipinski definition) is 5. The highest BCUT2D eigenvalue weighted by atomic mass is 32.2. The van der Waals surface area contributed by atoms with Gasteiger partial charge in [-0.1, -0.05) is 42.1 Å². The van der Waals surface area contributed by atoms with E-state index in [2.05, 4.69) is 15.2 Å². The Morgan fingerprint density at radius 3 is 2.60 bits per heavy atom. The lowest BCUT2D eigenvalue weighted by Crippen LogP contribution is -2.31. The van der Waals surface area contributed by atoms with Crippen LogP contribution in [-0.2, 0) is 4.79 Å². The van der Waals surface area contributed by atoms with Crippen molar-refractivity contribution < 1.29 is 4.79 Å². The molecule has 0 aliphatic carbocycles. The zero-order valence-corrected chi connectivity index (χ0v) is 14.9. The Balaban J connectivity index is 1.98. The van der Waals surface area contributed by atoms with Crippen LogP contribution in [0.15, 0.2) is 46.3 Å². The standard InChI is InChI=1S/C17H19N5O2S/c1-3-21(4-2)15(24)11-25-17-20-19-16-18-14(23)10-13(22(16)17)12-8-6-5-7-9-12/h5-10H,3-4,11H2,1-2H3,(H,18,19,23). The Bertz CT molecular complexity index is 931. The summed E-state index contributed by atoms with van der Waals surface area (Å²) in [5.74, 6) is 0.692. The summed E-state index contributed by atoms with van der Waals surface area (Å²) in [6.07, 6.45) is 0. The molecule has 3 aromatic rings. The van der Waals surface area contributed by atoms with Gasteiger partial charge in [0.05, 0.1) is 11.4 Å². The van der Waals surface area contributed by atoms with Crippen molar-refractivity contribution in [2.75, 3.05) is 18.8 Å². The van der Waals surface area contributed by atoms with Gasteiger partial charge in [0.2, 0.25) is 11.7 Å². The maximum Gasteiger partial charge on any atom is 0.252 e. The van der Waals surface area contributed by atoms with Gasteiger partial charge in [0.25, 0.3) is 5.56 Å². The second-order valence-electron chi connectivity index (χ2n) is 5.38. The number of benzene rings is 1. The van der Waals surface area contributed by atoms with Crippen LogP contribution in [0.4, 0.5) is 0 Å². The second kappa shape index (κ2) is 7.52. The van der Waals surface area contributed by atoms with Crippen LogP contribution in [0.5, 0.6) is 0 Å². The van der Waals surface area contributed by atoms with Crippen LogP contribution in [0.25, 0.3) is 17.0 Å². The minimum absolute atomic E-state index is 0.0532. The van der Waals surface area contributed by atoms with Crippen molar-refractivity contribution in [2.45, 2.75) is 19.0 Å². The van der Waals surface area contributed by atoms with Gasteiger partial charge in [-0.05, 0) is 19.4 Å². The van der Waals surface area contributed by atoms with Gasteiger partial charge < -0.3 is 4.90 Å². The quantitative estimate of drug-likeness (QED) is 0.683. The van der Waals surface area contributed by atoms with Crippen molar-refractivity contribution in [1.29, 1.82) is 0 Å². The lowest BCUT2D eigenvalue weighted by Gasteiger charge is -2.17. The Kier molecular flexibility index (Phi) is 5.18. The highest BCUT2D eigenvalue weighted by Crippen LogP contribution is 2.24. The van der Waals surface area contributed by atoms with Gasteiger partial charge in [-0.15, -0.1) is 10.2 Å². The molecular formula is C17H19N5O2S. The fourth-order valence-corrected chi connectivity index (χ4v) is 3.46. The summed E-state index contributed by atoms with van der Waals surface area (Å²) in [5, 5.41) is 8.76. The first-order chi connectivity index (χ1) is 12.1. The topological polar surface area (TPSA) is 83.4 Å². The molecule has 1 amide bonds. The molecule has 0 aliphatic rings. The lowest BCUT2D eigenvalue weighted by molar-refractivity contribution is -0.127. The maximum absolute atomic E-state index is 12.2. The number of aromatic amines is 1. The van der Waals surface area contributed by atoms with E-state index in [-0.39, 0.29) is 17.2 Å². The first kappa shape index (κ1) is 17.2. The number of fused-ring (bicyclic) bond motifs is 1. The van der Waals surface area contributed by atoms with Crippen LogP contribution < -0.4 is 5.56 Å². The summed E-state index contributed by atoms with van der Waals surface area (Å²) >= 11 is 1.31. The largest absolute Gasteiger partial charge is 0.343 e. The fourth-order valence-electron chi connectivity index (χ4n) is 2.61. The first-order valence-corrected chi connectivity index (χ1v) is 9.07. The van der Waals surface area contributed by atoms with Crippen molar-refractivity contribution in [3.63, 3.8) is 0 Å². The molecule has 1 aromatic carbocycles.